The monoisotopic (exact) mass is 438 g/mol. The summed E-state index contributed by atoms with van der Waals surface area (Å²) in [6.45, 7) is 3.78. The lowest BCUT2D eigenvalue weighted by Crippen LogP contribution is -2.38. The van der Waals surface area contributed by atoms with E-state index in [-0.39, 0.29) is 5.91 Å². The van der Waals surface area contributed by atoms with Gasteiger partial charge in [0.15, 0.2) is 11.4 Å². The Morgan fingerprint density at radius 2 is 1.84 bits per heavy atom. The number of rotatable bonds is 7. The van der Waals surface area contributed by atoms with Crippen molar-refractivity contribution in [3.63, 3.8) is 0 Å². The van der Waals surface area contributed by atoms with Crippen LogP contribution in [0, 0.1) is 5.92 Å². The molecule has 10 heteroatoms. The van der Waals surface area contributed by atoms with Crippen LogP contribution in [0.1, 0.15) is 26.2 Å². The number of carbonyl (C=O) groups excluding carboxylic acids is 1. The first-order chi connectivity index (χ1) is 15.5. The van der Waals surface area contributed by atoms with E-state index >= 15 is 0 Å². The third kappa shape index (κ3) is 5.08. The maximum absolute atomic E-state index is 11.5. The summed E-state index contributed by atoms with van der Waals surface area (Å²) < 4.78 is 5.65. The summed E-state index contributed by atoms with van der Waals surface area (Å²) in [7, 11) is 0. The Balaban J connectivity index is 1.48. The van der Waals surface area contributed by atoms with Crippen LogP contribution in [-0.4, -0.2) is 46.7 Å². The number of nitrogens with zero attached hydrogens (tertiary/aromatic N) is 3. The quantitative estimate of drug-likeness (QED) is 0.438. The fourth-order valence-electron chi connectivity index (χ4n) is 3.71. The number of piperidine rings is 1. The summed E-state index contributed by atoms with van der Waals surface area (Å²) >= 11 is 0. The SMILES string of the molecule is CCC(=O)Nc1ccc(Nc2nc(N3CCC(CNC(=O)O)CC3)c3occc3n2)cc1. The maximum Gasteiger partial charge on any atom is 0.404 e. The zero-order valence-electron chi connectivity index (χ0n) is 17.8. The Morgan fingerprint density at radius 1 is 1.12 bits per heavy atom. The Labute approximate surface area is 185 Å². The molecule has 4 N–H and O–H groups in total. The number of anilines is 4. The van der Waals surface area contributed by atoms with E-state index in [1.165, 1.54) is 0 Å². The molecule has 1 saturated heterocycles. The topological polar surface area (TPSA) is 133 Å². The smallest absolute Gasteiger partial charge is 0.404 e. The number of benzene rings is 1. The van der Waals surface area contributed by atoms with Crippen LogP contribution in [0.15, 0.2) is 41.0 Å². The number of fused-ring (bicyclic) bond motifs is 1. The minimum absolute atomic E-state index is 0.0356. The van der Waals surface area contributed by atoms with Gasteiger partial charge in [-0.05, 0) is 43.0 Å². The molecule has 1 aromatic carbocycles. The molecular formula is C22H26N6O4. The fourth-order valence-corrected chi connectivity index (χ4v) is 3.71. The van der Waals surface area contributed by atoms with Crippen LogP contribution in [0.2, 0.25) is 0 Å². The first kappa shape index (κ1) is 21.4. The number of hydrogen-bond donors (Lipinski definition) is 4. The summed E-state index contributed by atoms with van der Waals surface area (Å²) in [5.74, 6) is 1.44. The lowest BCUT2D eigenvalue weighted by molar-refractivity contribution is -0.115. The molecule has 1 aliphatic heterocycles. The Hall–Kier alpha value is -3.82. The van der Waals surface area contributed by atoms with E-state index < -0.39 is 6.09 Å². The van der Waals surface area contributed by atoms with Gasteiger partial charge in [-0.15, -0.1) is 0 Å². The number of aromatic nitrogens is 2. The molecule has 1 aliphatic rings. The van der Waals surface area contributed by atoms with Gasteiger partial charge in [0.1, 0.15) is 5.52 Å². The highest BCUT2D eigenvalue weighted by atomic mass is 16.4. The molecule has 10 nitrogen and oxygen atoms in total. The van der Waals surface area contributed by atoms with Crippen LogP contribution >= 0.6 is 0 Å². The Kier molecular flexibility index (Phi) is 6.39. The van der Waals surface area contributed by atoms with Gasteiger partial charge in [-0.1, -0.05) is 6.92 Å². The average Bonchev–Trinajstić information content (AvgIpc) is 3.27. The van der Waals surface area contributed by atoms with Crippen molar-refractivity contribution in [3.8, 4) is 0 Å². The van der Waals surface area contributed by atoms with Gasteiger partial charge in [-0.3, -0.25) is 4.79 Å². The van der Waals surface area contributed by atoms with Crippen molar-refractivity contribution < 1.29 is 19.1 Å². The van der Waals surface area contributed by atoms with Gasteiger partial charge in [0.05, 0.1) is 6.26 Å². The highest BCUT2D eigenvalue weighted by Crippen LogP contribution is 2.30. The standard InChI is InChI=1S/C22H26N6O4/c1-2-18(29)24-15-3-5-16(6-4-15)25-21-26-17-9-12-32-19(17)20(27-21)28-10-7-14(8-11-28)13-23-22(30)31/h3-6,9,12,14,23H,2,7-8,10-11,13H2,1H3,(H,24,29)(H,30,31)(H,25,26,27). The zero-order valence-corrected chi connectivity index (χ0v) is 17.8. The van der Waals surface area contributed by atoms with Gasteiger partial charge in [-0.25, -0.2) is 9.78 Å². The fraction of sp³-hybridized carbons (Fsp3) is 0.364. The normalized spacial score (nSPS) is 14.3. The van der Waals surface area contributed by atoms with Gasteiger partial charge < -0.3 is 30.4 Å². The maximum atomic E-state index is 11.5. The minimum Gasteiger partial charge on any atom is -0.465 e. The van der Waals surface area contributed by atoms with Crippen LogP contribution < -0.4 is 20.9 Å². The second-order valence-corrected chi connectivity index (χ2v) is 7.73. The van der Waals surface area contributed by atoms with Crippen molar-refractivity contribution in [2.75, 3.05) is 35.2 Å². The van der Waals surface area contributed by atoms with E-state index in [9.17, 15) is 9.59 Å². The van der Waals surface area contributed by atoms with Gasteiger partial charge in [0.25, 0.3) is 0 Å². The van der Waals surface area contributed by atoms with Crippen molar-refractivity contribution in [1.82, 2.24) is 15.3 Å². The summed E-state index contributed by atoms with van der Waals surface area (Å²) in [6, 6.07) is 9.16. The molecule has 2 amide bonds. The van der Waals surface area contributed by atoms with Gasteiger partial charge in [0, 0.05) is 43.5 Å². The minimum atomic E-state index is -0.989. The van der Waals surface area contributed by atoms with E-state index in [4.69, 9.17) is 14.5 Å². The molecule has 0 atom stereocenters. The predicted molar refractivity (Wildman–Crippen MR) is 121 cm³/mol. The van der Waals surface area contributed by atoms with Crippen LogP contribution in [0.25, 0.3) is 11.1 Å². The molecule has 3 heterocycles. The molecule has 168 valence electrons. The molecular weight excluding hydrogens is 412 g/mol. The Morgan fingerprint density at radius 3 is 2.53 bits per heavy atom. The number of carboxylic acid groups (broad SMARTS) is 1. The third-order valence-corrected chi connectivity index (χ3v) is 5.49. The van der Waals surface area contributed by atoms with E-state index in [0.29, 0.717) is 35.9 Å². The third-order valence-electron chi connectivity index (χ3n) is 5.49. The second kappa shape index (κ2) is 9.54. The van der Waals surface area contributed by atoms with Crippen LogP contribution in [0.5, 0.6) is 0 Å². The molecule has 0 saturated carbocycles. The predicted octanol–water partition coefficient (Wildman–Crippen LogP) is 3.80. The second-order valence-electron chi connectivity index (χ2n) is 7.73. The highest BCUT2D eigenvalue weighted by molar-refractivity contribution is 5.90. The first-order valence-corrected chi connectivity index (χ1v) is 10.7. The Bertz CT molecular complexity index is 1090. The van der Waals surface area contributed by atoms with Crippen molar-refractivity contribution >= 4 is 46.2 Å². The number of amides is 2. The van der Waals surface area contributed by atoms with Crippen molar-refractivity contribution in [2.45, 2.75) is 26.2 Å². The molecule has 4 rings (SSSR count). The van der Waals surface area contributed by atoms with Crippen LogP contribution in [0.4, 0.5) is 27.9 Å². The molecule has 0 spiro atoms. The zero-order chi connectivity index (χ0) is 22.5. The lowest BCUT2D eigenvalue weighted by Gasteiger charge is -2.32. The number of furan rings is 1. The van der Waals surface area contributed by atoms with E-state index in [1.807, 2.05) is 31.2 Å². The van der Waals surface area contributed by atoms with Gasteiger partial charge in [-0.2, -0.15) is 4.98 Å². The largest absolute Gasteiger partial charge is 0.465 e. The molecule has 0 radical (unpaired) electrons. The number of hydrogen-bond acceptors (Lipinski definition) is 7. The highest BCUT2D eigenvalue weighted by Gasteiger charge is 2.24. The van der Waals surface area contributed by atoms with Crippen LogP contribution in [-0.2, 0) is 4.79 Å². The average molecular weight is 438 g/mol. The summed E-state index contributed by atoms with van der Waals surface area (Å²) in [6.07, 6.45) is 2.76. The lowest BCUT2D eigenvalue weighted by atomic mass is 9.97. The van der Waals surface area contributed by atoms with Gasteiger partial charge in [0.2, 0.25) is 11.9 Å². The first-order valence-electron chi connectivity index (χ1n) is 10.7. The summed E-state index contributed by atoms with van der Waals surface area (Å²) in [4.78, 5) is 33.7. The molecule has 0 unspecified atom stereocenters. The number of nitrogens with one attached hydrogen (secondary N) is 3. The van der Waals surface area contributed by atoms with Crippen molar-refractivity contribution in [3.05, 3.63) is 36.6 Å². The molecule has 0 bridgehead atoms. The van der Waals surface area contributed by atoms with Crippen molar-refractivity contribution in [1.29, 1.82) is 0 Å². The molecule has 0 aliphatic carbocycles. The molecule has 3 aromatic rings. The van der Waals surface area contributed by atoms with E-state index in [0.717, 1.165) is 43.1 Å². The molecule has 32 heavy (non-hydrogen) atoms. The molecule has 2 aromatic heterocycles. The summed E-state index contributed by atoms with van der Waals surface area (Å²) in [5.41, 5.74) is 2.87. The van der Waals surface area contributed by atoms with Crippen LogP contribution in [0.3, 0.4) is 0 Å². The number of carbonyl (C=O) groups is 2. The van der Waals surface area contributed by atoms with E-state index in [2.05, 4.69) is 25.8 Å². The van der Waals surface area contributed by atoms with Crippen molar-refractivity contribution in [2.24, 2.45) is 5.92 Å². The van der Waals surface area contributed by atoms with E-state index in [1.54, 1.807) is 12.3 Å². The van der Waals surface area contributed by atoms with Gasteiger partial charge >= 0.3 is 6.09 Å². The summed E-state index contributed by atoms with van der Waals surface area (Å²) in [5, 5.41) is 17.3. The molecule has 1 fully saturated rings.